The number of methoxy groups -OCH3 is 1. The highest BCUT2D eigenvalue weighted by Crippen LogP contribution is 2.36. The summed E-state index contributed by atoms with van der Waals surface area (Å²) >= 11 is 0. The molecule has 0 aromatic carbocycles. The third kappa shape index (κ3) is 1.95. The average molecular weight is 279 g/mol. The minimum Gasteiger partial charge on any atom is -0.493 e. The fourth-order valence-electron chi connectivity index (χ4n) is 3.06. The molecule has 1 saturated heterocycles. The van der Waals surface area contributed by atoms with Crippen molar-refractivity contribution < 1.29 is 23.8 Å². The first-order valence-electron chi connectivity index (χ1n) is 6.74. The van der Waals surface area contributed by atoms with E-state index >= 15 is 0 Å². The van der Waals surface area contributed by atoms with Gasteiger partial charge in [-0.1, -0.05) is 6.42 Å². The van der Waals surface area contributed by atoms with E-state index in [2.05, 4.69) is 5.32 Å². The van der Waals surface area contributed by atoms with E-state index < -0.39 is 12.3 Å². The maximum atomic E-state index is 11.9. The van der Waals surface area contributed by atoms with Crippen molar-refractivity contribution in [3.8, 4) is 0 Å². The van der Waals surface area contributed by atoms with Crippen LogP contribution in [0.3, 0.4) is 0 Å². The smallest absolute Gasteiger partial charge is 0.340 e. The standard InChI is InChI=1S/C14H17NO5/c1-7-11(18-2)14(20-13(7)17)19-6-9-8-4-3-5-10(8)15-12(9)16/h6,8,10,14H,3-5H2,1-2H3,(H,15,16)/b9-6+/t8-,10-,14?/m1/s1. The van der Waals surface area contributed by atoms with Crippen molar-refractivity contribution in [2.45, 2.75) is 38.5 Å². The Morgan fingerprint density at radius 2 is 2.15 bits per heavy atom. The van der Waals surface area contributed by atoms with Crippen molar-refractivity contribution in [3.63, 3.8) is 0 Å². The molecule has 108 valence electrons. The van der Waals surface area contributed by atoms with Gasteiger partial charge in [0.05, 0.1) is 24.5 Å². The molecule has 2 aliphatic heterocycles. The van der Waals surface area contributed by atoms with Gasteiger partial charge in [-0.3, -0.25) is 4.79 Å². The van der Waals surface area contributed by atoms with Gasteiger partial charge < -0.3 is 19.5 Å². The van der Waals surface area contributed by atoms with E-state index in [1.807, 2.05) is 0 Å². The third-order valence-electron chi connectivity index (χ3n) is 4.14. The maximum Gasteiger partial charge on any atom is 0.340 e. The maximum absolute atomic E-state index is 11.9. The Labute approximate surface area is 116 Å². The Bertz CT molecular complexity index is 522. The van der Waals surface area contributed by atoms with Crippen molar-refractivity contribution in [2.24, 2.45) is 5.92 Å². The van der Waals surface area contributed by atoms with E-state index in [0.29, 0.717) is 16.9 Å². The summed E-state index contributed by atoms with van der Waals surface area (Å²) in [6, 6.07) is 0.225. The van der Waals surface area contributed by atoms with E-state index in [0.717, 1.165) is 19.3 Å². The average Bonchev–Trinajstić information content (AvgIpc) is 3.04. The second-order valence-corrected chi connectivity index (χ2v) is 5.26. The zero-order valence-electron chi connectivity index (χ0n) is 11.5. The quantitative estimate of drug-likeness (QED) is 0.474. The van der Waals surface area contributed by atoms with Crippen LogP contribution in [0.4, 0.5) is 0 Å². The fourth-order valence-corrected chi connectivity index (χ4v) is 3.06. The van der Waals surface area contributed by atoms with Gasteiger partial charge in [0.1, 0.15) is 0 Å². The molecular formula is C14H17NO5. The lowest BCUT2D eigenvalue weighted by Gasteiger charge is -2.13. The van der Waals surface area contributed by atoms with Gasteiger partial charge in [0.25, 0.3) is 5.91 Å². The number of rotatable bonds is 3. The Morgan fingerprint density at radius 3 is 2.90 bits per heavy atom. The summed E-state index contributed by atoms with van der Waals surface area (Å²) in [5.74, 6) is 0.00691. The lowest BCUT2D eigenvalue weighted by atomic mass is 10.00. The number of carbonyl (C=O) groups excluding carboxylic acids is 2. The van der Waals surface area contributed by atoms with Gasteiger partial charge in [-0.25, -0.2) is 4.79 Å². The van der Waals surface area contributed by atoms with Gasteiger partial charge >= 0.3 is 12.3 Å². The van der Waals surface area contributed by atoms with Crippen molar-refractivity contribution in [2.75, 3.05) is 7.11 Å². The first-order chi connectivity index (χ1) is 9.61. The molecule has 20 heavy (non-hydrogen) atoms. The zero-order chi connectivity index (χ0) is 14.3. The highest BCUT2D eigenvalue weighted by atomic mass is 16.7. The highest BCUT2D eigenvalue weighted by Gasteiger charge is 2.41. The summed E-state index contributed by atoms with van der Waals surface area (Å²) in [5, 5.41) is 2.95. The van der Waals surface area contributed by atoms with E-state index in [-0.39, 0.29) is 17.9 Å². The summed E-state index contributed by atoms with van der Waals surface area (Å²) in [4.78, 5) is 23.3. The number of fused-ring (bicyclic) bond motifs is 1. The van der Waals surface area contributed by atoms with Gasteiger partial charge in [-0.05, 0) is 19.8 Å². The first-order valence-corrected chi connectivity index (χ1v) is 6.74. The van der Waals surface area contributed by atoms with Gasteiger partial charge in [0.2, 0.25) is 0 Å². The largest absolute Gasteiger partial charge is 0.493 e. The van der Waals surface area contributed by atoms with Crippen molar-refractivity contribution in [1.29, 1.82) is 0 Å². The van der Waals surface area contributed by atoms with Crippen LogP contribution < -0.4 is 5.32 Å². The topological polar surface area (TPSA) is 73.9 Å². The van der Waals surface area contributed by atoms with Gasteiger partial charge in [0, 0.05) is 12.0 Å². The Kier molecular flexibility index (Phi) is 3.16. The Morgan fingerprint density at radius 1 is 1.35 bits per heavy atom. The Balaban J connectivity index is 1.74. The van der Waals surface area contributed by atoms with Crippen LogP contribution in [0.25, 0.3) is 0 Å². The summed E-state index contributed by atoms with van der Waals surface area (Å²) in [5.41, 5.74) is 1.02. The molecule has 0 spiro atoms. The summed E-state index contributed by atoms with van der Waals surface area (Å²) in [6.45, 7) is 1.62. The summed E-state index contributed by atoms with van der Waals surface area (Å²) in [7, 11) is 1.46. The van der Waals surface area contributed by atoms with Crippen LogP contribution in [-0.4, -0.2) is 31.3 Å². The second-order valence-electron chi connectivity index (χ2n) is 5.26. The normalized spacial score (nSPS) is 34.3. The van der Waals surface area contributed by atoms with Crippen molar-refractivity contribution >= 4 is 11.9 Å². The molecule has 0 aromatic heterocycles. The van der Waals surface area contributed by atoms with Crippen LogP contribution in [-0.2, 0) is 23.8 Å². The SMILES string of the molecule is COC1=C(C)C(=O)OC1O/C=C1/C(=O)N[C@@H]2CCC[C@H]12. The lowest BCUT2D eigenvalue weighted by molar-refractivity contribution is -0.155. The molecular weight excluding hydrogens is 262 g/mol. The van der Waals surface area contributed by atoms with E-state index in [4.69, 9.17) is 14.2 Å². The minimum absolute atomic E-state index is 0.0938. The van der Waals surface area contributed by atoms with Crippen LogP contribution in [0, 0.1) is 5.92 Å². The van der Waals surface area contributed by atoms with Gasteiger partial charge in [-0.15, -0.1) is 0 Å². The van der Waals surface area contributed by atoms with Crippen LogP contribution in [0.5, 0.6) is 0 Å². The number of hydrogen-bond donors (Lipinski definition) is 1. The van der Waals surface area contributed by atoms with Crippen LogP contribution in [0.2, 0.25) is 0 Å². The van der Waals surface area contributed by atoms with Crippen molar-refractivity contribution in [1.82, 2.24) is 5.32 Å². The summed E-state index contributed by atoms with van der Waals surface area (Å²) in [6.07, 6.45) is 3.62. The molecule has 2 fully saturated rings. The van der Waals surface area contributed by atoms with E-state index in [1.54, 1.807) is 6.92 Å². The number of esters is 1. The predicted molar refractivity (Wildman–Crippen MR) is 68.0 cm³/mol. The fraction of sp³-hybridized carbons (Fsp3) is 0.571. The Hall–Kier alpha value is -1.98. The number of carbonyl (C=O) groups is 2. The molecule has 3 atom stereocenters. The minimum atomic E-state index is -0.895. The zero-order valence-corrected chi connectivity index (χ0v) is 11.5. The molecule has 1 aliphatic carbocycles. The van der Waals surface area contributed by atoms with Crippen LogP contribution in [0.15, 0.2) is 23.2 Å². The molecule has 6 nitrogen and oxygen atoms in total. The van der Waals surface area contributed by atoms with E-state index in [1.165, 1.54) is 13.4 Å². The molecule has 3 aliphatic rings. The van der Waals surface area contributed by atoms with Crippen LogP contribution in [0.1, 0.15) is 26.2 Å². The molecule has 1 amide bonds. The monoisotopic (exact) mass is 279 g/mol. The number of ether oxygens (including phenoxy) is 3. The van der Waals surface area contributed by atoms with Gasteiger partial charge in [-0.2, -0.15) is 0 Å². The van der Waals surface area contributed by atoms with Gasteiger partial charge in [0.15, 0.2) is 5.76 Å². The molecule has 1 saturated carbocycles. The molecule has 0 bridgehead atoms. The third-order valence-corrected chi connectivity index (χ3v) is 4.14. The number of nitrogens with one attached hydrogen (secondary N) is 1. The number of hydrogen-bond acceptors (Lipinski definition) is 5. The number of amides is 1. The molecule has 0 aromatic rings. The molecule has 3 rings (SSSR count). The van der Waals surface area contributed by atoms with Crippen molar-refractivity contribution in [3.05, 3.63) is 23.2 Å². The predicted octanol–water partition coefficient (Wildman–Crippen LogP) is 0.989. The first kappa shape index (κ1) is 13.0. The highest BCUT2D eigenvalue weighted by molar-refractivity contribution is 5.96. The lowest BCUT2D eigenvalue weighted by Crippen LogP contribution is -2.25. The van der Waals surface area contributed by atoms with Crippen LogP contribution >= 0.6 is 0 Å². The molecule has 6 heteroatoms. The molecule has 0 radical (unpaired) electrons. The molecule has 1 unspecified atom stereocenters. The number of cyclic esters (lactones) is 1. The second kappa shape index (κ2) is 4.85. The summed E-state index contributed by atoms with van der Waals surface area (Å²) < 4.78 is 15.6. The van der Waals surface area contributed by atoms with E-state index in [9.17, 15) is 9.59 Å². The molecule has 1 N–H and O–H groups in total. The molecule has 2 heterocycles.